The number of hydrogen-bond donors (Lipinski definition) is 6. The first-order valence-electron chi connectivity index (χ1n) is 32.4. The third kappa shape index (κ3) is 45.0. The topological polar surface area (TPSA) is 175 Å². The average Bonchev–Trinajstić information content (AvgIpc) is 3.43. The third-order valence-electron chi connectivity index (χ3n) is 15.1. The van der Waals surface area contributed by atoms with E-state index in [1.54, 1.807) is 6.08 Å². The summed E-state index contributed by atoms with van der Waals surface area (Å²) < 4.78 is 16.7. The van der Waals surface area contributed by atoms with Crippen LogP contribution < -0.4 is 5.32 Å². The van der Waals surface area contributed by atoms with Crippen molar-refractivity contribution in [2.24, 2.45) is 0 Å². The highest BCUT2D eigenvalue weighted by Crippen LogP contribution is 2.23. The molecule has 450 valence electrons. The Labute approximate surface area is 472 Å². The fraction of sp³-hybridized carbons (Fsp3) is 0.848. The van der Waals surface area contributed by atoms with Gasteiger partial charge >= 0.3 is 5.97 Å². The molecule has 1 heterocycles. The van der Waals surface area contributed by atoms with Crippen LogP contribution in [-0.4, -0.2) is 100 Å². The second-order valence-corrected chi connectivity index (χ2v) is 22.4. The van der Waals surface area contributed by atoms with Crippen LogP contribution in [0.4, 0.5) is 0 Å². The highest BCUT2D eigenvalue weighted by atomic mass is 16.7. The van der Waals surface area contributed by atoms with Crippen LogP contribution in [0.5, 0.6) is 0 Å². The van der Waals surface area contributed by atoms with Crippen LogP contribution in [0.3, 0.4) is 0 Å². The number of amides is 1. The Morgan fingerprint density at radius 3 is 1.32 bits per heavy atom. The molecule has 0 aromatic heterocycles. The van der Waals surface area contributed by atoms with Gasteiger partial charge in [0.25, 0.3) is 0 Å². The Kier molecular flexibility index (Phi) is 52.4. The van der Waals surface area contributed by atoms with Crippen molar-refractivity contribution in [2.45, 2.75) is 339 Å². The maximum Gasteiger partial charge on any atom is 0.305 e. The highest BCUT2D eigenvalue weighted by molar-refractivity contribution is 5.76. The Morgan fingerprint density at radius 2 is 0.857 bits per heavy atom. The van der Waals surface area contributed by atoms with Crippen molar-refractivity contribution in [1.82, 2.24) is 5.32 Å². The van der Waals surface area contributed by atoms with Gasteiger partial charge < -0.3 is 45.1 Å². The minimum absolute atomic E-state index is 0.00753. The number of hydrogen-bond acceptors (Lipinski definition) is 10. The molecule has 0 aromatic carbocycles. The van der Waals surface area contributed by atoms with Crippen molar-refractivity contribution in [3.8, 4) is 0 Å². The van der Waals surface area contributed by atoms with Gasteiger partial charge in [-0.1, -0.05) is 242 Å². The fourth-order valence-electron chi connectivity index (χ4n) is 9.96. The van der Waals surface area contributed by atoms with E-state index >= 15 is 0 Å². The summed E-state index contributed by atoms with van der Waals surface area (Å²) in [6.45, 7) is 4.28. The van der Waals surface area contributed by atoms with Gasteiger partial charge in [-0.2, -0.15) is 0 Å². The second-order valence-electron chi connectivity index (χ2n) is 22.4. The number of rotatable bonds is 56. The molecule has 1 rings (SSSR count). The summed E-state index contributed by atoms with van der Waals surface area (Å²) in [5, 5.41) is 54.4. The molecule has 11 nitrogen and oxygen atoms in total. The lowest BCUT2D eigenvalue weighted by Crippen LogP contribution is -2.60. The van der Waals surface area contributed by atoms with E-state index in [0.717, 1.165) is 57.8 Å². The molecule has 1 aliphatic rings. The predicted molar refractivity (Wildman–Crippen MR) is 320 cm³/mol. The summed E-state index contributed by atoms with van der Waals surface area (Å²) in [6.07, 6.45) is 60.8. The number of aliphatic hydroxyl groups is 5. The summed E-state index contributed by atoms with van der Waals surface area (Å²) in [7, 11) is 0. The Bertz CT molecular complexity index is 1420. The number of allylic oxidation sites excluding steroid dienone is 7. The molecule has 1 saturated heterocycles. The Hall–Kier alpha value is -2.38. The first kappa shape index (κ1) is 72.6. The van der Waals surface area contributed by atoms with E-state index in [1.165, 1.54) is 212 Å². The van der Waals surface area contributed by atoms with Crippen molar-refractivity contribution < 1.29 is 49.3 Å². The summed E-state index contributed by atoms with van der Waals surface area (Å²) in [5.74, 6) is -0.202. The van der Waals surface area contributed by atoms with Crippen LogP contribution in [0.2, 0.25) is 0 Å². The lowest BCUT2D eigenvalue weighted by Gasteiger charge is -2.40. The number of carbonyl (C=O) groups is 2. The number of carbonyl (C=O) groups excluding carboxylic acids is 2. The summed E-state index contributed by atoms with van der Waals surface area (Å²) >= 11 is 0. The van der Waals surface area contributed by atoms with Crippen molar-refractivity contribution in [3.05, 3.63) is 48.6 Å². The molecule has 0 radical (unpaired) electrons. The largest absolute Gasteiger partial charge is 0.466 e. The van der Waals surface area contributed by atoms with Crippen molar-refractivity contribution in [2.75, 3.05) is 19.8 Å². The molecule has 1 amide bonds. The maximum atomic E-state index is 13.0. The van der Waals surface area contributed by atoms with Crippen molar-refractivity contribution in [3.63, 3.8) is 0 Å². The predicted octanol–water partition coefficient (Wildman–Crippen LogP) is 15.6. The van der Waals surface area contributed by atoms with Gasteiger partial charge in [-0.15, -0.1) is 0 Å². The van der Waals surface area contributed by atoms with E-state index in [-0.39, 0.29) is 18.5 Å². The smallest absolute Gasteiger partial charge is 0.305 e. The first-order valence-corrected chi connectivity index (χ1v) is 32.4. The molecule has 0 aliphatic carbocycles. The molecule has 77 heavy (non-hydrogen) atoms. The first-order chi connectivity index (χ1) is 37.7. The molecule has 1 fully saturated rings. The zero-order valence-corrected chi connectivity index (χ0v) is 49.7. The van der Waals surface area contributed by atoms with Gasteiger partial charge in [0.1, 0.15) is 24.4 Å². The van der Waals surface area contributed by atoms with Crippen molar-refractivity contribution >= 4 is 11.9 Å². The SMILES string of the molecule is CCCC/C=C\CCCCCCCC(=O)OCCCCCCCCCCCCCC/C=C\CCCCCCCCCCCCC(=O)NC(COC1OC(CO)C(O)C(O)C1O)C(O)/C=C/CC/C=C/CCCCCCCC. The maximum absolute atomic E-state index is 13.0. The van der Waals surface area contributed by atoms with Crippen LogP contribution in [0.25, 0.3) is 0 Å². The lowest BCUT2D eigenvalue weighted by atomic mass is 9.99. The summed E-state index contributed by atoms with van der Waals surface area (Å²) in [6, 6.07) is -0.829. The number of unbranched alkanes of at least 4 members (excludes halogenated alkanes) is 36. The molecule has 0 saturated carbocycles. The van der Waals surface area contributed by atoms with E-state index in [4.69, 9.17) is 14.2 Å². The van der Waals surface area contributed by atoms with Crippen LogP contribution in [0.1, 0.15) is 296 Å². The minimum atomic E-state index is -1.58. The number of ether oxygens (including phenoxy) is 3. The number of aliphatic hydroxyl groups excluding tert-OH is 5. The Morgan fingerprint density at radius 1 is 0.468 bits per heavy atom. The van der Waals surface area contributed by atoms with Gasteiger partial charge in [0.2, 0.25) is 5.91 Å². The molecular weight excluding hydrogens is 967 g/mol. The molecule has 1 aliphatic heterocycles. The molecular formula is C66H121NO10. The van der Waals surface area contributed by atoms with Crippen LogP contribution >= 0.6 is 0 Å². The van der Waals surface area contributed by atoms with E-state index in [0.29, 0.717) is 19.4 Å². The standard InChI is InChI=1S/C66H121NO10/c1-3-5-7-9-11-13-15-33-36-40-44-48-52-59(69)58(57-76-66-65(74)64(73)63(72)60(56-68)77-66)67-61(70)53-49-45-41-37-34-30-28-26-24-22-20-18-16-17-19-21-23-25-27-29-31-35-39-43-47-51-55-75-62(71)54-50-46-42-38-32-14-12-10-8-6-4-2/h10,12,16,18,33,36,48,52,58-60,63-66,68-69,72-74H,3-9,11,13-15,17,19-32,34-35,37-47,49-51,53-57H2,1-2H3,(H,67,70)/b12-10-,18-16-,36-33+,52-48+. The van der Waals surface area contributed by atoms with Gasteiger partial charge in [0, 0.05) is 12.8 Å². The molecule has 0 spiro atoms. The van der Waals surface area contributed by atoms with Crippen LogP contribution in [0.15, 0.2) is 48.6 Å². The minimum Gasteiger partial charge on any atom is -0.466 e. The average molecular weight is 1090 g/mol. The fourth-order valence-corrected chi connectivity index (χ4v) is 9.96. The summed E-state index contributed by atoms with van der Waals surface area (Å²) in [4.78, 5) is 25.0. The Balaban J connectivity index is 2.02. The zero-order chi connectivity index (χ0) is 55.9. The number of nitrogens with one attached hydrogen (secondary N) is 1. The van der Waals surface area contributed by atoms with Gasteiger partial charge in [0.15, 0.2) is 6.29 Å². The van der Waals surface area contributed by atoms with E-state index in [1.807, 2.05) is 6.08 Å². The molecule has 0 aromatic rings. The molecule has 7 atom stereocenters. The molecule has 0 bridgehead atoms. The van der Waals surface area contributed by atoms with E-state index < -0.39 is 49.5 Å². The highest BCUT2D eigenvalue weighted by Gasteiger charge is 2.44. The second kappa shape index (κ2) is 55.5. The van der Waals surface area contributed by atoms with Gasteiger partial charge in [-0.25, -0.2) is 0 Å². The van der Waals surface area contributed by atoms with Crippen LogP contribution in [0, 0.1) is 0 Å². The van der Waals surface area contributed by atoms with E-state index in [2.05, 4.69) is 55.6 Å². The van der Waals surface area contributed by atoms with Crippen LogP contribution in [-0.2, 0) is 23.8 Å². The third-order valence-corrected chi connectivity index (χ3v) is 15.1. The van der Waals surface area contributed by atoms with Crippen molar-refractivity contribution in [1.29, 1.82) is 0 Å². The lowest BCUT2D eigenvalue weighted by molar-refractivity contribution is -0.302. The quantitative estimate of drug-likeness (QED) is 0.0195. The molecule has 11 heteroatoms. The van der Waals surface area contributed by atoms with Gasteiger partial charge in [0.05, 0.1) is 32.0 Å². The molecule has 7 unspecified atom stereocenters. The van der Waals surface area contributed by atoms with E-state index in [9.17, 15) is 35.1 Å². The van der Waals surface area contributed by atoms with Gasteiger partial charge in [-0.3, -0.25) is 9.59 Å². The monoisotopic (exact) mass is 1090 g/mol. The summed E-state index contributed by atoms with van der Waals surface area (Å²) in [5.41, 5.74) is 0. The zero-order valence-electron chi connectivity index (χ0n) is 49.7. The number of esters is 1. The molecule has 6 N–H and O–H groups in total. The van der Waals surface area contributed by atoms with Gasteiger partial charge in [-0.05, 0) is 89.9 Å². The normalized spacial score (nSPS) is 18.9.